The molecule has 3 heterocycles. The summed E-state index contributed by atoms with van der Waals surface area (Å²) in [5.41, 5.74) is 1.84. The number of hydrogen-bond acceptors (Lipinski definition) is 9. The zero-order chi connectivity index (χ0) is 24.5. The first-order valence-corrected chi connectivity index (χ1v) is 12.5. The van der Waals surface area contributed by atoms with Gasteiger partial charge in [0.25, 0.3) is 0 Å². The zero-order valence-electron chi connectivity index (χ0n) is 19.1. The number of rotatable bonds is 7. The Hall–Kier alpha value is -2.14. The van der Waals surface area contributed by atoms with Gasteiger partial charge in [-0.15, -0.1) is 0 Å². The molecule has 182 valence electrons. The van der Waals surface area contributed by atoms with Gasteiger partial charge < -0.3 is 15.7 Å². The highest BCUT2D eigenvalue weighted by Crippen LogP contribution is 2.26. The van der Waals surface area contributed by atoms with Crippen LogP contribution < -0.4 is 10.6 Å². The van der Waals surface area contributed by atoms with Gasteiger partial charge in [-0.05, 0) is 31.0 Å². The van der Waals surface area contributed by atoms with E-state index in [1.807, 2.05) is 19.1 Å². The lowest BCUT2D eigenvalue weighted by molar-refractivity contribution is 0.0996. The minimum Gasteiger partial charge on any atom is -0.395 e. The number of Topliss-reactive ketones (excluding diaryl/α,β-unsaturated/α-hetero) is 1. The summed E-state index contributed by atoms with van der Waals surface area (Å²) in [6.45, 7) is 9.12. The fourth-order valence-corrected chi connectivity index (χ4v) is 4.65. The number of aromatic nitrogens is 3. The van der Waals surface area contributed by atoms with Crippen molar-refractivity contribution in [2.45, 2.75) is 20.3 Å². The Morgan fingerprint density at radius 1 is 1.24 bits per heavy atom. The topological polar surface area (TPSA) is 103 Å². The zero-order valence-corrected chi connectivity index (χ0v) is 21.5. The van der Waals surface area contributed by atoms with Crippen LogP contribution in [0.4, 0.5) is 10.9 Å². The molecule has 3 aromatic rings. The van der Waals surface area contributed by atoms with Gasteiger partial charge >= 0.3 is 0 Å². The summed E-state index contributed by atoms with van der Waals surface area (Å²) in [5.74, 6) is 1.06. The summed E-state index contributed by atoms with van der Waals surface area (Å²) in [5, 5.41) is 16.4. The third-order valence-corrected chi connectivity index (χ3v) is 6.64. The number of hydrogen-bond donors (Lipinski definition) is 3. The molecule has 4 rings (SSSR count). The fourth-order valence-electron chi connectivity index (χ4n) is 3.38. The second kappa shape index (κ2) is 13.1. The van der Waals surface area contributed by atoms with Gasteiger partial charge in [-0.25, -0.2) is 15.0 Å². The average molecular weight is 523 g/mol. The van der Waals surface area contributed by atoms with Crippen molar-refractivity contribution in [2.75, 3.05) is 44.6 Å². The van der Waals surface area contributed by atoms with Crippen molar-refractivity contribution >= 4 is 51.3 Å². The Balaban J connectivity index is 0.000000302. The van der Waals surface area contributed by atoms with Crippen molar-refractivity contribution in [1.82, 2.24) is 25.2 Å². The van der Waals surface area contributed by atoms with Crippen LogP contribution in [0.2, 0.25) is 10.2 Å². The maximum Gasteiger partial charge on any atom is 0.188 e. The molecule has 1 aromatic carbocycles. The van der Waals surface area contributed by atoms with Gasteiger partial charge in [0.15, 0.2) is 10.9 Å². The number of anilines is 2. The van der Waals surface area contributed by atoms with E-state index in [0.29, 0.717) is 38.4 Å². The molecule has 1 aliphatic heterocycles. The van der Waals surface area contributed by atoms with Crippen LogP contribution in [-0.2, 0) is 6.42 Å². The minimum absolute atomic E-state index is 0.0290. The fraction of sp³-hybridized carbons (Fsp3) is 0.391. The van der Waals surface area contributed by atoms with Crippen LogP contribution in [0.15, 0.2) is 30.5 Å². The van der Waals surface area contributed by atoms with Crippen molar-refractivity contribution < 1.29 is 9.90 Å². The third-order valence-electron chi connectivity index (χ3n) is 5.14. The Labute approximate surface area is 213 Å². The minimum atomic E-state index is -0.0290. The van der Waals surface area contributed by atoms with E-state index >= 15 is 0 Å². The lowest BCUT2D eigenvalue weighted by Crippen LogP contribution is -2.44. The maximum absolute atomic E-state index is 12.5. The monoisotopic (exact) mass is 522 g/mol. The van der Waals surface area contributed by atoms with Gasteiger partial charge in [0.1, 0.15) is 16.8 Å². The number of aliphatic hydroxyl groups excluding tert-OH is 1. The molecule has 0 unspecified atom stereocenters. The van der Waals surface area contributed by atoms with Crippen LogP contribution in [0.3, 0.4) is 0 Å². The molecule has 0 amide bonds. The highest BCUT2D eigenvalue weighted by Gasteiger charge is 2.15. The quantitative estimate of drug-likeness (QED) is 0.317. The second-order valence-corrected chi connectivity index (χ2v) is 9.55. The van der Waals surface area contributed by atoms with Crippen LogP contribution in [0.1, 0.15) is 26.6 Å². The van der Waals surface area contributed by atoms with E-state index in [0.717, 1.165) is 43.9 Å². The van der Waals surface area contributed by atoms with E-state index in [2.05, 4.69) is 30.5 Å². The normalized spacial score (nSPS) is 13.8. The number of aliphatic hydroxyl groups is 1. The largest absolute Gasteiger partial charge is 0.395 e. The first-order chi connectivity index (χ1) is 16.4. The van der Waals surface area contributed by atoms with Crippen LogP contribution in [0.25, 0.3) is 0 Å². The molecule has 1 saturated heterocycles. The first-order valence-electron chi connectivity index (χ1n) is 10.9. The summed E-state index contributed by atoms with van der Waals surface area (Å²) in [4.78, 5) is 27.8. The van der Waals surface area contributed by atoms with Crippen LogP contribution in [0.5, 0.6) is 0 Å². The number of piperazine rings is 1. The van der Waals surface area contributed by atoms with E-state index in [9.17, 15) is 4.79 Å². The van der Waals surface area contributed by atoms with Gasteiger partial charge in [0.05, 0.1) is 17.7 Å². The predicted molar refractivity (Wildman–Crippen MR) is 138 cm³/mol. The number of benzene rings is 1. The highest BCUT2D eigenvalue weighted by molar-refractivity contribution is 7.17. The Kier molecular flexibility index (Phi) is 10.2. The lowest BCUT2D eigenvalue weighted by atomic mass is 10.0. The number of nitrogens with one attached hydrogen (secondary N) is 2. The Morgan fingerprint density at radius 3 is 2.68 bits per heavy atom. The second-order valence-electron chi connectivity index (χ2n) is 7.73. The molecule has 11 heteroatoms. The van der Waals surface area contributed by atoms with Gasteiger partial charge in [-0.1, -0.05) is 46.7 Å². The predicted octanol–water partition coefficient (Wildman–Crippen LogP) is 3.91. The van der Waals surface area contributed by atoms with E-state index in [-0.39, 0.29) is 12.2 Å². The number of halogens is 2. The third kappa shape index (κ3) is 7.97. The molecule has 8 nitrogen and oxygen atoms in total. The van der Waals surface area contributed by atoms with Crippen LogP contribution in [0, 0.1) is 13.8 Å². The van der Waals surface area contributed by atoms with Gasteiger partial charge in [0.2, 0.25) is 0 Å². The molecule has 0 radical (unpaired) electrons. The lowest BCUT2D eigenvalue weighted by Gasteiger charge is -2.25. The number of aryl methyl sites for hydroxylation is 2. The van der Waals surface area contributed by atoms with Crippen molar-refractivity contribution in [1.29, 1.82) is 0 Å². The van der Waals surface area contributed by atoms with Crippen molar-refractivity contribution in [3.8, 4) is 0 Å². The highest BCUT2D eigenvalue weighted by atomic mass is 35.5. The summed E-state index contributed by atoms with van der Waals surface area (Å²) >= 11 is 13.4. The maximum atomic E-state index is 12.5. The number of nitrogens with zero attached hydrogens (tertiary/aromatic N) is 4. The SMILES string of the molecule is Cc1nc(Cl)cc(Nc2ncc(C(=O)Cc3c(C)cccc3Cl)s2)n1.OCCN1CCNCC1. The molecule has 0 bridgehead atoms. The summed E-state index contributed by atoms with van der Waals surface area (Å²) in [7, 11) is 0. The number of carbonyl (C=O) groups is 1. The summed E-state index contributed by atoms with van der Waals surface area (Å²) < 4.78 is 0. The molecule has 0 atom stereocenters. The van der Waals surface area contributed by atoms with Gasteiger partial charge in [0, 0.05) is 50.2 Å². The Bertz CT molecular complexity index is 1060. The molecule has 34 heavy (non-hydrogen) atoms. The van der Waals surface area contributed by atoms with E-state index in [1.165, 1.54) is 11.3 Å². The van der Waals surface area contributed by atoms with Gasteiger partial charge in [-0.2, -0.15) is 0 Å². The van der Waals surface area contributed by atoms with Crippen LogP contribution in [-0.4, -0.2) is 70.1 Å². The smallest absolute Gasteiger partial charge is 0.188 e. The standard InChI is InChI=1S/C17H14Cl2N4OS.C6H14N2O/c1-9-4-3-5-12(18)11(9)6-13(24)14-8-20-17(25-14)23-16-7-15(19)21-10(2)22-16;9-6-5-8-3-1-7-2-4-8/h3-5,7-8H,6H2,1-2H3,(H,20,21,22,23);7,9H,1-6H2. The number of carbonyl (C=O) groups excluding carboxylic acids is 1. The first kappa shape index (κ1) is 26.5. The Morgan fingerprint density at radius 2 is 2.00 bits per heavy atom. The molecule has 0 spiro atoms. The van der Waals surface area contributed by atoms with E-state index < -0.39 is 0 Å². The molecule has 1 aliphatic rings. The van der Waals surface area contributed by atoms with Crippen molar-refractivity contribution in [3.63, 3.8) is 0 Å². The average Bonchev–Trinajstić information content (AvgIpc) is 3.26. The number of ketones is 1. The van der Waals surface area contributed by atoms with Gasteiger partial charge in [-0.3, -0.25) is 9.69 Å². The molecule has 0 saturated carbocycles. The molecule has 1 fully saturated rings. The number of thiazole rings is 1. The van der Waals surface area contributed by atoms with Crippen LogP contribution >= 0.6 is 34.5 Å². The molecule has 2 aromatic heterocycles. The molecular weight excluding hydrogens is 495 g/mol. The number of β-amino-alcohol motifs (C(OH)–C–C–N with tert-alkyl or cyclic N) is 1. The molecule has 3 N–H and O–H groups in total. The van der Waals surface area contributed by atoms with E-state index in [4.69, 9.17) is 28.3 Å². The van der Waals surface area contributed by atoms with E-state index in [1.54, 1.807) is 25.3 Å². The molecule has 0 aliphatic carbocycles. The summed E-state index contributed by atoms with van der Waals surface area (Å²) in [6, 6.07) is 7.20. The molecular formula is C23H28Cl2N6O2S. The van der Waals surface area contributed by atoms with Crippen molar-refractivity contribution in [3.05, 3.63) is 62.5 Å². The van der Waals surface area contributed by atoms with Crippen molar-refractivity contribution in [2.24, 2.45) is 0 Å². The summed E-state index contributed by atoms with van der Waals surface area (Å²) in [6.07, 6.45) is 1.79.